The number of nitrogens with zero attached hydrogens (tertiary/aromatic N) is 2. The highest BCUT2D eigenvalue weighted by atomic mass is 16.5. The Bertz CT molecular complexity index is 393. The molecule has 0 spiro atoms. The van der Waals surface area contributed by atoms with Gasteiger partial charge < -0.3 is 9.64 Å². The molecule has 1 fully saturated rings. The van der Waals surface area contributed by atoms with E-state index in [4.69, 9.17) is 4.74 Å². The van der Waals surface area contributed by atoms with Crippen LogP contribution >= 0.6 is 0 Å². The van der Waals surface area contributed by atoms with Gasteiger partial charge in [0.15, 0.2) is 0 Å². The molecule has 0 saturated carbocycles. The van der Waals surface area contributed by atoms with Crippen LogP contribution in [0.2, 0.25) is 0 Å². The molecule has 3 nitrogen and oxygen atoms in total. The predicted molar refractivity (Wildman–Crippen MR) is 71.3 cm³/mol. The third-order valence-electron chi connectivity index (χ3n) is 3.64. The van der Waals surface area contributed by atoms with Crippen LogP contribution in [0.15, 0.2) is 30.3 Å². The number of hydrogen-bond donors (Lipinski definition) is 0. The van der Waals surface area contributed by atoms with Crippen molar-refractivity contribution >= 4 is 0 Å². The SMILES string of the molecule is CN(CC(C#N)c1ccccc1)C1CCOCC1. The molecule has 1 unspecified atom stereocenters. The lowest BCUT2D eigenvalue weighted by molar-refractivity contribution is 0.0425. The molecule has 1 aromatic carbocycles. The molecule has 2 rings (SSSR count). The van der Waals surface area contributed by atoms with Crippen LogP contribution in [0, 0.1) is 11.3 Å². The summed E-state index contributed by atoms with van der Waals surface area (Å²) in [5.41, 5.74) is 1.11. The van der Waals surface area contributed by atoms with Crippen molar-refractivity contribution in [3.05, 3.63) is 35.9 Å². The quantitative estimate of drug-likeness (QED) is 0.816. The normalized spacial score (nSPS) is 18.5. The van der Waals surface area contributed by atoms with Crippen LogP contribution in [-0.4, -0.2) is 37.7 Å². The Balaban J connectivity index is 1.96. The van der Waals surface area contributed by atoms with Gasteiger partial charge in [0, 0.05) is 25.8 Å². The van der Waals surface area contributed by atoms with Gasteiger partial charge >= 0.3 is 0 Å². The molecule has 96 valence electrons. The van der Waals surface area contributed by atoms with E-state index >= 15 is 0 Å². The number of benzene rings is 1. The zero-order chi connectivity index (χ0) is 12.8. The molecule has 1 saturated heterocycles. The molecule has 0 aliphatic carbocycles. The van der Waals surface area contributed by atoms with Crippen LogP contribution in [0.5, 0.6) is 0 Å². The second-order valence-electron chi connectivity index (χ2n) is 4.88. The maximum Gasteiger partial charge on any atom is 0.0839 e. The van der Waals surface area contributed by atoms with Gasteiger partial charge in [0.2, 0.25) is 0 Å². The highest BCUT2D eigenvalue weighted by molar-refractivity contribution is 5.25. The summed E-state index contributed by atoms with van der Waals surface area (Å²) in [4.78, 5) is 2.31. The summed E-state index contributed by atoms with van der Waals surface area (Å²) in [7, 11) is 2.11. The van der Waals surface area contributed by atoms with Crippen LogP contribution < -0.4 is 0 Å². The van der Waals surface area contributed by atoms with Gasteiger partial charge in [-0.1, -0.05) is 30.3 Å². The number of hydrogen-bond acceptors (Lipinski definition) is 3. The largest absolute Gasteiger partial charge is 0.381 e. The Morgan fingerprint density at radius 1 is 1.33 bits per heavy atom. The van der Waals surface area contributed by atoms with E-state index in [1.165, 1.54) is 0 Å². The average Bonchev–Trinajstić information content (AvgIpc) is 2.46. The van der Waals surface area contributed by atoms with Crippen molar-refractivity contribution < 1.29 is 4.74 Å². The third kappa shape index (κ3) is 3.32. The van der Waals surface area contributed by atoms with Crippen LogP contribution in [0.25, 0.3) is 0 Å². The minimum absolute atomic E-state index is 0.0426. The van der Waals surface area contributed by atoms with E-state index in [1.807, 2.05) is 30.3 Å². The Morgan fingerprint density at radius 3 is 2.61 bits per heavy atom. The van der Waals surface area contributed by atoms with Crippen LogP contribution in [-0.2, 0) is 4.74 Å². The zero-order valence-electron chi connectivity index (χ0n) is 10.9. The highest BCUT2D eigenvalue weighted by Crippen LogP contribution is 2.19. The molecule has 1 atom stereocenters. The summed E-state index contributed by atoms with van der Waals surface area (Å²) >= 11 is 0. The van der Waals surface area contributed by atoms with Crippen LogP contribution in [0.1, 0.15) is 24.3 Å². The molecule has 0 aromatic heterocycles. The van der Waals surface area contributed by atoms with Gasteiger partial charge in [-0.3, -0.25) is 0 Å². The van der Waals surface area contributed by atoms with Crippen molar-refractivity contribution in [3.63, 3.8) is 0 Å². The summed E-state index contributed by atoms with van der Waals surface area (Å²) in [6.45, 7) is 2.49. The Hall–Kier alpha value is -1.37. The van der Waals surface area contributed by atoms with Crippen molar-refractivity contribution in [2.45, 2.75) is 24.8 Å². The second kappa shape index (κ2) is 6.53. The molecule has 1 aromatic rings. The van der Waals surface area contributed by atoms with Crippen molar-refractivity contribution in [3.8, 4) is 6.07 Å². The summed E-state index contributed by atoms with van der Waals surface area (Å²) in [6.07, 6.45) is 2.15. The summed E-state index contributed by atoms with van der Waals surface area (Å²) in [6, 6.07) is 13.0. The van der Waals surface area contributed by atoms with E-state index in [2.05, 4.69) is 18.0 Å². The van der Waals surface area contributed by atoms with E-state index in [-0.39, 0.29) is 5.92 Å². The first-order valence-electron chi connectivity index (χ1n) is 6.54. The Morgan fingerprint density at radius 2 is 2.00 bits per heavy atom. The highest BCUT2D eigenvalue weighted by Gasteiger charge is 2.21. The van der Waals surface area contributed by atoms with E-state index in [9.17, 15) is 5.26 Å². The molecule has 0 radical (unpaired) electrons. The predicted octanol–water partition coefficient (Wildman–Crippen LogP) is 2.40. The van der Waals surface area contributed by atoms with Crippen LogP contribution in [0.4, 0.5) is 0 Å². The van der Waals surface area contributed by atoms with Crippen molar-refractivity contribution in [2.24, 2.45) is 0 Å². The second-order valence-corrected chi connectivity index (χ2v) is 4.88. The standard InChI is InChI=1S/C15H20N2O/c1-17(15-7-9-18-10-8-15)12-14(11-16)13-5-3-2-4-6-13/h2-6,14-15H,7-10,12H2,1H3. The Labute approximate surface area is 109 Å². The molecule has 1 aliphatic heterocycles. The van der Waals surface area contributed by atoms with Gasteiger partial charge in [-0.05, 0) is 25.5 Å². The lowest BCUT2D eigenvalue weighted by Crippen LogP contribution is -2.38. The summed E-state index contributed by atoms with van der Waals surface area (Å²) in [5, 5.41) is 9.33. The van der Waals surface area contributed by atoms with Crippen molar-refractivity contribution in [2.75, 3.05) is 26.8 Å². The van der Waals surface area contributed by atoms with Crippen molar-refractivity contribution in [1.82, 2.24) is 4.90 Å². The first kappa shape index (κ1) is 13.1. The fraction of sp³-hybridized carbons (Fsp3) is 0.533. The van der Waals surface area contributed by atoms with Gasteiger partial charge in [-0.2, -0.15) is 5.26 Å². The topological polar surface area (TPSA) is 36.3 Å². The van der Waals surface area contributed by atoms with Gasteiger partial charge in [-0.25, -0.2) is 0 Å². The van der Waals surface area contributed by atoms with E-state index in [1.54, 1.807) is 0 Å². The van der Waals surface area contributed by atoms with Gasteiger partial charge in [0.05, 0.1) is 12.0 Å². The molecular formula is C15H20N2O. The monoisotopic (exact) mass is 244 g/mol. The summed E-state index contributed by atoms with van der Waals surface area (Å²) in [5.74, 6) is -0.0426. The fourth-order valence-corrected chi connectivity index (χ4v) is 2.47. The smallest absolute Gasteiger partial charge is 0.0839 e. The maximum atomic E-state index is 9.33. The molecule has 18 heavy (non-hydrogen) atoms. The molecular weight excluding hydrogens is 224 g/mol. The van der Waals surface area contributed by atoms with Crippen LogP contribution in [0.3, 0.4) is 0 Å². The maximum absolute atomic E-state index is 9.33. The first-order valence-corrected chi connectivity index (χ1v) is 6.54. The lowest BCUT2D eigenvalue weighted by Gasteiger charge is -2.32. The number of ether oxygens (including phenoxy) is 1. The number of likely N-dealkylation sites (N-methyl/N-ethyl adjacent to an activating group) is 1. The molecule has 0 amide bonds. The lowest BCUT2D eigenvalue weighted by atomic mass is 9.98. The number of rotatable bonds is 4. The van der Waals surface area contributed by atoms with E-state index < -0.39 is 0 Å². The number of nitriles is 1. The fourth-order valence-electron chi connectivity index (χ4n) is 2.47. The summed E-state index contributed by atoms with van der Waals surface area (Å²) < 4.78 is 5.37. The van der Waals surface area contributed by atoms with E-state index in [0.29, 0.717) is 6.04 Å². The molecule has 0 N–H and O–H groups in total. The van der Waals surface area contributed by atoms with Gasteiger partial charge in [0.1, 0.15) is 0 Å². The third-order valence-corrected chi connectivity index (χ3v) is 3.64. The van der Waals surface area contributed by atoms with Gasteiger partial charge in [0.25, 0.3) is 0 Å². The minimum atomic E-state index is -0.0426. The minimum Gasteiger partial charge on any atom is -0.381 e. The van der Waals surface area contributed by atoms with Crippen molar-refractivity contribution in [1.29, 1.82) is 5.26 Å². The molecule has 1 heterocycles. The zero-order valence-corrected chi connectivity index (χ0v) is 10.9. The molecule has 0 bridgehead atoms. The van der Waals surface area contributed by atoms with E-state index in [0.717, 1.165) is 38.2 Å². The molecule has 3 heteroatoms. The first-order chi connectivity index (χ1) is 8.81. The average molecular weight is 244 g/mol. The van der Waals surface area contributed by atoms with Gasteiger partial charge in [-0.15, -0.1) is 0 Å². The molecule has 1 aliphatic rings. The Kier molecular flexibility index (Phi) is 4.74.